The zero-order valence-electron chi connectivity index (χ0n) is 13.3. The van der Waals surface area contributed by atoms with Crippen LogP contribution in [0.4, 0.5) is 5.69 Å². The van der Waals surface area contributed by atoms with Crippen LogP contribution in [0.2, 0.25) is 0 Å². The fourth-order valence-electron chi connectivity index (χ4n) is 2.90. The molecule has 2 heterocycles. The van der Waals surface area contributed by atoms with E-state index in [1.165, 1.54) is 25.1 Å². The number of hydrogen-bond donors (Lipinski definition) is 1. The third kappa shape index (κ3) is 3.49. The second kappa shape index (κ2) is 7.04. The SMILES string of the molecule is CCC1CN(C)CCCN1c1ccc(C(C)NC)nc1. The molecule has 0 radical (unpaired) electrons. The number of nitrogens with zero attached hydrogens (tertiary/aromatic N) is 3. The zero-order chi connectivity index (χ0) is 14.5. The maximum atomic E-state index is 4.63. The first kappa shape index (κ1) is 15.3. The Bertz CT molecular complexity index is 403. The summed E-state index contributed by atoms with van der Waals surface area (Å²) in [5.74, 6) is 0. The Balaban J connectivity index is 2.16. The molecule has 0 aromatic carbocycles. The molecule has 2 unspecified atom stereocenters. The summed E-state index contributed by atoms with van der Waals surface area (Å²) in [5, 5.41) is 3.23. The third-order valence-corrected chi connectivity index (χ3v) is 4.35. The van der Waals surface area contributed by atoms with Crippen molar-refractivity contribution in [3.63, 3.8) is 0 Å². The molecular weight excluding hydrogens is 248 g/mol. The van der Waals surface area contributed by atoms with Gasteiger partial charge in [-0.3, -0.25) is 4.98 Å². The Kier molecular flexibility index (Phi) is 5.38. The summed E-state index contributed by atoms with van der Waals surface area (Å²) in [7, 11) is 4.19. The minimum Gasteiger partial charge on any atom is -0.366 e. The summed E-state index contributed by atoms with van der Waals surface area (Å²) in [5.41, 5.74) is 2.37. The number of aromatic nitrogens is 1. The van der Waals surface area contributed by atoms with E-state index in [9.17, 15) is 0 Å². The molecule has 1 saturated heterocycles. The molecule has 0 saturated carbocycles. The lowest BCUT2D eigenvalue weighted by molar-refractivity contribution is 0.328. The van der Waals surface area contributed by atoms with Crippen LogP contribution < -0.4 is 10.2 Å². The predicted octanol–water partition coefficient (Wildman–Crippen LogP) is 2.28. The molecule has 112 valence electrons. The van der Waals surface area contributed by atoms with Crippen molar-refractivity contribution >= 4 is 5.69 Å². The van der Waals surface area contributed by atoms with Crippen molar-refractivity contribution in [2.24, 2.45) is 0 Å². The van der Waals surface area contributed by atoms with Gasteiger partial charge in [-0.05, 0) is 52.5 Å². The standard InChI is InChI=1S/C16H28N4/c1-5-14-12-19(4)9-6-10-20(14)15-7-8-16(18-11-15)13(2)17-3/h7-8,11,13-14,17H,5-6,9-10,12H2,1-4H3. The second-order valence-electron chi connectivity index (χ2n) is 5.82. The topological polar surface area (TPSA) is 31.4 Å². The average Bonchev–Trinajstić information content (AvgIpc) is 2.67. The highest BCUT2D eigenvalue weighted by Gasteiger charge is 2.22. The van der Waals surface area contributed by atoms with Gasteiger partial charge in [0.25, 0.3) is 0 Å². The highest BCUT2D eigenvalue weighted by Crippen LogP contribution is 2.22. The Labute approximate surface area is 123 Å². The van der Waals surface area contributed by atoms with Gasteiger partial charge in [-0.15, -0.1) is 0 Å². The highest BCUT2D eigenvalue weighted by molar-refractivity contribution is 5.46. The molecule has 1 aliphatic heterocycles. The zero-order valence-corrected chi connectivity index (χ0v) is 13.3. The molecule has 2 atom stereocenters. The van der Waals surface area contributed by atoms with Crippen LogP contribution in [0.1, 0.15) is 38.4 Å². The largest absolute Gasteiger partial charge is 0.366 e. The van der Waals surface area contributed by atoms with Crippen molar-refractivity contribution in [2.45, 2.75) is 38.8 Å². The van der Waals surface area contributed by atoms with Gasteiger partial charge < -0.3 is 15.1 Å². The van der Waals surface area contributed by atoms with Crippen LogP contribution in [0, 0.1) is 0 Å². The molecule has 1 aliphatic rings. The van der Waals surface area contributed by atoms with Gasteiger partial charge in [0, 0.05) is 25.2 Å². The molecule has 1 aromatic rings. The Hall–Kier alpha value is -1.13. The van der Waals surface area contributed by atoms with Gasteiger partial charge in [-0.2, -0.15) is 0 Å². The van der Waals surface area contributed by atoms with Crippen molar-refractivity contribution in [3.05, 3.63) is 24.0 Å². The molecule has 2 rings (SSSR count). The molecule has 4 heteroatoms. The Morgan fingerprint density at radius 2 is 2.20 bits per heavy atom. The highest BCUT2D eigenvalue weighted by atomic mass is 15.2. The van der Waals surface area contributed by atoms with E-state index in [2.05, 4.69) is 53.1 Å². The summed E-state index contributed by atoms with van der Waals surface area (Å²) in [6.07, 6.45) is 4.44. The molecule has 0 bridgehead atoms. The number of hydrogen-bond acceptors (Lipinski definition) is 4. The molecule has 0 aliphatic carbocycles. The summed E-state index contributed by atoms with van der Waals surface area (Å²) in [4.78, 5) is 9.60. The Morgan fingerprint density at radius 1 is 1.40 bits per heavy atom. The number of pyridine rings is 1. The van der Waals surface area contributed by atoms with E-state index in [1.54, 1.807) is 0 Å². The van der Waals surface area contributed by atoms with Crippen LogP contribution in [-0.4, -0.2) is 49.7 Å². The molecule has 1 aromatic heterocycles. The van der Waals surface area contributed by atoms with Crippen LogP contribution in [0.5, 0.6) is 0 Å². The van der Waals surface area contributed by atoms with Gasteiger partial charge in [0.05, 0.1) is 17.6 Å². The van der Waals surface area contributed by atoms with Gasteiger partial charge in [0.1, 0.15) is 0 Å². The van der Waals surface area contributed by atoms with Crippen LogP contribution in [-0.2, 0) is 0 Å². The van der Waals surface area contributed by atoms with Crippen LogP contribution >= 0.6 is 0 Å². The second-order valence-corrected chi connectivity index (χ2v) is 5.82. The van der Waals surface area contributed by atoms with E-state index in [0.29, 0.717) is 12.1 Å². The van der Waals surface area contributed by atoms with Gasteiger partial charge in [-0.25, -0.2) is 0 Å². The van der Waals surface area contributed by atoms with Crippen molar-refractivity contribution in [3.8, 4) is 0 Å². The molecule has 0 spiro atoms. The monoisotopic (exact) mass is 276 g/mol. The first-order valence-electron chi connectivity index (χ1n) is 7.74. The lowest BCUT2D eigenvalue weighted by atomic mass is 10.1. The molecule has 4 nitrogen and oxygen atoms in total. The van der Waals surface area contributed by atoms with Gasteiger partial charge >= 0.3 is 0 Å². The van der Waals surface area contributed by atoms with Crippen molar-refractivity contribution in [2.75, 3.05) is 38.6 Å². The van der Waals surface area contributed by atoms with E-state index in [1.807, 2.05) is 13.2 Å². The molecule has 20 heavy (non-hydrogen) atoms. The maximum absolute atomic E-state index is 4.63. The molecule has 1 N–H and O–H groups in total. The van der Waals surface area contributed by atoms with Crippen LogP contribution in [0.25, 0.3) is 0 Å². The summed E-state index contributed by atoms with van der Waals surface area (Å²) >= 11 is 0. The smallest absolute Gasteiger partial charge is 0.0571 e. The van der Waals surface area contributed by atoms with E-state index in [0.717, 1.165) is 18.8 Å². The Morgan fingerprint density at radius 3 is 2.80 bits per heavy atom. The summed E-state index contributed by atoms with van der Waals surface area (Å²) in [6.45, 7) is 7.88. The van der Waals surface area contributed by atoms with E-state index >= 15 is 0 Å². The van der Waals surface area contributed by atoms with E-state index in [4.69, 9.17) is 0 Å². The average molecular weight is 276 g/mol. The number of rotatable bonds is 4. The number of likely N-dealkylation sites (N-methyl/N-ethyl adjacent to an activating group) is 1. The lowest BCUT2D eigenvalue weighted by Crippen LogP contribution is -2.39. The van der Waals surface area contributed by atoms with Gasteiger partial charge in [-0.1, -0.05) is 6.92 Å². The van der Waals surface area contributed by atoms with E-state index in [-0.39, 0.29) is 0 Å². The molecule has 0 amide bonds. The molecule has 1 fully saturated rings. The van der Waals surface area contributed by atoms with Gasteiger partial charge in [0.2, 0.25) is 0 Å². The first-order chi connectivity index (χ1) is 9.65. The van der Waals surface area contributed by atoms with E-state index < -0.39 is 0 Å². The normalized spacial score (nSPS) is 22.6. The fraction of sp³-hybridized carbons (Fsp3) is 0.688. The van der Waals surface area contributed by atoms with Crippen molar-refractivity contribution in [1.82, 2.24) is 15.2 Å². The van der Waals surface area contributed by atoms with Crippen molar-refractivity contribution < 1.29 is 0 Å². The van der Waals surface area contributed by atoms with Gasteiger partial charge in [0.15, 0.2) is 0 Å². The first-order valence-corrected chi connectivity index (χ1v) is 7.74. The minimum absolute atomic E-state index is 0.307. The van der Waals surface area contributed by atoms with Crippen molar-refractivity contribution in [1.29, 1.82) is 0 Å². The maximum Gasteiger partial charge on any atom is 0.0571 e. The van der Waals surface area contributed by atoms with Crippen LogP contribution in [0.15, 0.2) is 18.3 Å². The summed E-state index contributed by atoms with van der Waals surface area (Å²) in [6, 6.07) is 5.28. The number of nitrogens with one attached hydrogen (secondary N) is 1. The third-order valence-electron chi connectivity index (χ3n) is 4.35. The summed E-state index contributed by atoms with van der Waals surface area (Å²) < 4.78 is 0. The van der Waals surface area contributed by atoms with Crippen LogP contribution in [0.3, 0.4) is 0 Å². The number of anilines is 1. The fourth-order valence-corrected chi connectivity index (χ4v) is 2.90. The molecular formula is C16H28N4. The lowest BCUT2D eigenvalue weighted by Gasteiger charge is -2.32. The minimum atomic E-state index is 0.307. The quantitative estimate of drug-likeness (QED) is 0.914. The predicted molar refractivity (Wildman–Crippen MR) is 85.3 cm³/mol.